The SMILES string of the molecule is CSCC[C@@H]1NC(=O)C(C)(C)NC1=O. The third-order valence-corrected chi connectivity index (χ3v) is 2.88. The topological polar surface area (TPSA) is 58.2 Å². The van der Waals surface area contributed by atoms with E-state index in [0.717, 1.165) is 5.75 Å². The second-order valence-corrected chi connectivity index (χ2v) is 4.91. The molecule has 80 valence electrons. The number of hydrogen-bond donors (Lipinski definition) is 2. The van der Waals surface area contributed by atoms with E-state index >= 15 is 0 Å². The maximum absolute atomic E-state index is 11.5. The average molecular weight is 216 g/mol. The Balaban J connectivity index is 2.58. The largest absolute Gasteiger partial charge is 0.342 e. The molecule has 2 N–H and O–H groups in total. The number of carbonyl (C=O) groups excluding carboxylic acids is 2. The Labute approximate surface area is 88.2 Å². The fourth-order valence-corrected chi connectivity index (χ4v) is 1.77. The van der Waals surface area contributed by atoms with Crippen molar-refractivity contribution in [2.45, 2.75) is 31.8 Å². The van der Waals surface area contributed by atoms with Gasteiger partial charge in [-0.1, -0.05) is 0 Å². The summed E-state index contributed by atoms with van der Waals surface area (Å²) in [6.07, 6.45) is 2.67. The van der Waals surface area contributed by atoms with Crippen molar-refractivity contribution >= 4 is 23.6 Å². The van der Waals surface area contributed by atoms with Crippen LogP contribution >= 0.6 is 11.8 Å². The van der Waals surface area contributed by atoms with Crippen molar-refractivity contribution in [1.29, 1.82) is 0 Å². The van der Waals surface area contributed by atoms with Crippen molar-refractivity contribution in [3.05, 3.63) is 0 Å². The number of amides is 2. The Kier molecular flexibility index (Phi) is 3.42. The molecular weight excluding hydrogens is 200 g/mol. The van der Waals surface area contributed by atoms with Gasteiger partial charge in [0.25, 0.3) is 0 Å². The van der Waals surface area contributed by atoms with Crippen molar-refractivity contribution < 1.29 is 9.59 Å². The van der Waals surface area contributed by atoms with Crippen molar-refractivity contribution in [2.24, 2.45) is 0 Å². The van der Waals surface area contributed by atoms with Crippen LogP contribution in [-0.4, -0.2) is 35.4 Å². The average Bonchev–Trinajstić information content (AvgIpc) is 2.08. The molecule has 0 spiro atoms. The summed E-state index contributed by atoms with van der Waals surface area (Å²) in [6, 6.07) is -0.358. The Morgan fingerprint density at radius 3 is 2.64 bits per heavy atom. The summed E-state index contributed by atoms with van der Waals surface area (Å²) in [4.78, 5) is 23.0. The van der Waals surface area contributed by atoms with Crippen molar-refractivity contribution in [3.8, 4) is 0 Å². The molecule has 14 heavy (non-hydrogen) atoms. The van der Waals surface area contributed by atoms with Crippen LogP contribution in [0.4, 0.5) is 0 Å². The highest BCUT2D eigenvalue weighted by atomic mass is 32.2. The lowest BCUT2D eigenvalue weighted by Crippen LogP contribution is -2.66. The van der Waals surface area contributed by atoms with E-state index in [2.05, 4.69) is 10.6 Å². The number of thioether (sulfide) groups is 1. The van der Waals surface area contributed by atoms with Crippen LogP contribution in [0.15, 0.2) is 0 Å². The predicted molar refractivity (Wildman–Crippen MR) is 57.2 cm³/mol. The van der Waals surface area contributed by atoms with Crippen LogP contribution < -0.4 is 10.6 Å². The monoisotopic (exact) mass is 216 g/mol. The van der Waals surface area contributed by atoms with E-state index in [1.54, 1.807) is 25.6 Å². The molecule has 5 heteroatoms. The molecule has 1 aliphatic rings. The number of piperazine rings is 1. The molecular formula is C9H16N2O2S. The maximum atomic E-state index is 11.5. The molecule has 1 rings (SSSR count). The molecule has 0 bridgehead atoms. The summed E-state index contributed by atoms with van der Waals surface area (Å²) in [5.41, 5.74) is -0.771. The highest BCUT2D eigenvalue weighted by molar-refractivity contribution is 7.98. The molecule has 1 heterocycles. The fourth-order valence-electron chi connectivity index (χ4n) is 1.30. The Bertz CT molecular complexity index is 253. The van der Waals surface area contributed by atoms with Gasteiger partial charge < -0.3 is 10.6 Å². The zero-order valence-electron chi connectivity index (χ0n) is 8.72. The minimum Gasteiger partial charge on any atom is -0.342 e. The van der Waals surface area contributed by atoms with Crippen molar-refractivity contribution in [2.75, 3.05) is 12.0 Å². The summed E-state index contributed by atoms with van der Waals surface area (Å²) in [6.45, 7) is 3.40. The first-order valence-electron chi connectivity index (χ1n) is 4.59. The van der Waals surface area contributed by atoms with Crippen LogP contribution in [0.5, 0.6) is 0 Å². The highest BCUT2D eigenvalue weighted by Crippen LogP contribution is 2.11. The summed E-state index contributed by atoms with van der Waals surface area (Å²) < 4.78 is 0. The molecule has 0 aliphatic carbocycles. The van der Waals surface area contributed by atoms with Crippen molar-refractivity contribution in [3.63, 3.8) is 0 Å². The van der Waals surface area contributed by atoms with Gasteiger partial charge in [0.05, 0.1) is 0 Å². The molecule has 0 aromatic heterocycles. The minimum atomic E-state index is -0.771. The van der Waals surface area contributed by atoms with E-state index in [0.29, 0.717) is 6.42 Å². The molecule has 0 radical (unpaired) electrons. The number of rotatable bonds is 3. The number of nitrogens with one attached hydrogen (secondary N) is 2. The molecule has 4 nitrogen and oxygen atoms in total. The van der Waals surface area contributed by atoms with Crippen LogP contribution in [0.1, 0.15) is 20.3 Å². The first-order valence-corrected chi connectivity index (χ1v) is 5.98. The van der Waals surface area contributed by atoms with Crippen LogP contribution in [0.2, 0.25) is 0 Å². The minimum absolute atomic E-state index is 0.0800. The fraction of sp³-hybridized carbons (Fsp3) is 0.778. The molecule has 2 amide bonds. The Hall–Kier alpha value is -0.710. The quantitative estimate of drug-likeness (QED) is 0.705. The molecule has 0 aromatic carbocycles. The van der Waals surface area contributed by atoms with E-state index in [1.807, 2.05) is 6.26 Å². The predicted octanol–water partition coefficient (Wildman–Crippen LogP) is 0.133. The molecule has 1 fully saturated rings. The summed E-state index contributed by atoms with van der Waals surface area (Å²) in [5, 5.41) is 5.43. The second-order valence-electron chi connectivity index (χ2n) is 3.92. The van der Waals surface area contributed by atoms with Crippen LogP contribution in [-0.2, 0) is 9.59 Å². The third-order valence-electron chi connectivity index (χ3n) is 2.24. The van der Waals surface area contributed by atoms with Gasteiger partial charge in [-0.15, -0.1) is 0 Å². The van der Waals surface area contributed by atoms with E-state index in [9.17, 15) is 9.59 Å². The smallest absolute Gasteiger partial charge is 0.245 e. The van der Waals surface area contributed by atoms with Gasteiger partial charge in [0.2, 0.25) is 11.8 Å². The van der Waals surface area contributed by atoms with Crippen LogP contribution in [0.3, 0.4) is 0 Å². The van der Waals surface area contributed by atoms with Crippen molar-refractivity contribution in [1.82, 2.24) is 10.6 Å². The Morgan fingerprint density at radius 2 is 2.07 bits per heavy atom. The molecule has 0 unspecified atom stereocenters. The van der Waals surface area contributed by atoms with E-state index in [-0.39, 0.29) is 17.9 Å². The summed E-state index contributed by atoms with van der Waals surface area (Å²) in [7, 11) is 0. The van der Waals surface area contributed by atoms with Gasteiger partial charge >= 0.3 is 0 Å². The number of carbonyl (C=O) groups is 2. The first-order chi connectivity index (χ1) is 6.47. The summed E-state index contributed by atoms with van der Waals surface area (Å²) in [5.74, 6) is 0.686. The molecule has 1 saturated heterocycles. The van der Waals surface area contributed by atoms with Gasteiger partial charge in [0.1, 0.15) is 11.6 Å². The second kappa shape index (κ2) is 4.21. The maximum Gasteiger partial charge on any atom is 0.245 e. The van der Waals surface area contributed by atoms with Gasteiger partial charge in [0, 0.05) is 0 Å². The van der Waals surface area contributed by atoms with E-state index in [1.165, 1.54) is 0 Å². The first kappa shape index (κ1) is 11.4. The zero-order chi connectivity index (χ0) is 10.8. The standard InChI is InChI=1S/C9H16N2O2S/c1-9(2)8(13)10-6(4-5-14-3)7(12)11-9/h6H,4-5H2,1-3H3,(H,10,13)(H,11,12)/t6-/m0/s1. The molecule has 0 aromatic rings. The number of hydrogen-bond acceptors (Lipinski definition) is 3. The normalized spacial score (nSPS) is 25.5. The lowest BCUT2D eigenvalue weighted by atomic mass is 9.98. The highest BCUT2D eigenvalue weighted by Gasteiger charge is 2.38. The van der Waals surface area contributed by atoms with Crippen LogP contribution in [0, 0.1) is 0 Å². The molecule has 1 atom stereocenters. The Morgan fingerprint density at radius 1 is 1.43 bits per heavy atom. The third kappa shape index (κ3) is 2.41. The van der Waals surface area contributed by atoms with Crippen LogP contribution in [0.25, 0.3) is 0 Å². The molecule has 1 aliphatic heterocycles. The zero-order valence-corrected chi connectivity index (χ0v) is 9.53. The molecule has 0 saturated carbocycles. The summed E-state index contributed by atoms with van der Waals surface area (Å²) >= 11 is 1.67. The van der Waals surface area contributed by atoms with Gasteiger partial charge in [-0.05, 0) is 32.3 Å². The van der Waals surface area contributed by atoms with E-state index in [4.69, 9.17) is 0 Å². The van der Waals surface area contributed by atoms with Gasteiger partial charge in [-0.2, -0.15) is 11.8 Å². The van der Waals surface area contributed by atoms with E-state index < -0.39 is 5.54 Å². The lowest BCUT2D eigenvalue weighted by molar-refractivity contribution is -0.140. The van der Waals surface area contributed by atoms with Gasteiger partial charge in [0.15, 0.2) is 0 Å². The van der Waals surface area contributed by atoms with Gasteiger partial charge in [-0.3, -0.25) is 9.59 Å². The van der Waals surface area contributed by atoms with Gasteiger partial charge in [-0.25, -0.2) is 0 Å². The lowest BCUT2D eigenvalue weighted by Gasteiger charge is -2.34.